The zero-order chi connectivity index (χ0) is 14.2. The Balaban J connectivity index is 1.78. The maximum atomic E-state index is 12.0. The zero-order valence-corrected chi connectivity index (χ0v) is 11.7. The number of fused-ring (bicyclic) bond motifs is 2. The lowest BCUT2D eigenvalue weighted by Gasteiger charge is -2.38. The molecule has 1 saturated heterocycles. The summed E-state index contributed by atoms with van der Waals surface area (Å²) in [5.41, 5.74) is 1.17. The zero-order valence-electron chi connectivity index (χ0n) is 11.7. The summed E-state index contributed by atoms with van der Waals surface area (Å²) < 4.78 is 5.67. The number of carbonyl (C=O) groups excluding carboxylic acids is 2. The first-order chi connectivity index (χ1) is 9.66. The standard InChI is InChI=1S/C16H19NO3/c1-2-5-14(18)17-10-8-16(9-11-17)13-7-4-3-6-12(13)15(19)20-16/h3-4,6-7H,2,5,8-11H2,1H3. The SMILES string of the molecule is CCCC(=O)N1CCC2(CC1)OC(=O)c1ccccc12. The average Bonchev–Trinajstić information content (AvgIpc) is 2.74. The fourth-order valence-electron chi connectivity index (χ4n) is 3.21. The number of rotatable bonds is 2. The minimum atomic E-state index is -0.503. The molecular formula is C16H19NO3. The molecule has 0 bridgehead atoms. The molecule has 1 aromatic rings. The second kappa shape index (κ2) is 4.93. The summed E-state index contributed by atoms with van der Waals surface area (Å²) in [6.07, 6.45) is 2.87. The van der Waals surface area contributed by atoms with E-state index >= 15 is 0 Å². The summed E-state index contributed by atoms with van der Waals surface area (Å²) in [7, 11) is 0. The van der Waals surface area contributed by atoms with Crippen molar-refractivity contribution in [2.75, 3.05) is 13.1 Å². The topological polar surface area (TPSA) is 46.6 Å². The molecule has 1 amide bonds. The predicted molar refractivity (Wildman–Crippen MR) is 74.3 cm³/mol. The molecule has 1 aromatic carbocycles. The molecule has 2 aliphatic heterocycles. The van der Waals surface area contributed by atoms with Crippen molar-refractivity contribution in [1.82, 2.24) is 4.90 Å². The fraction of sp³-hybridized carbons (Fsp3) is 0.500. The lowest BCUT2D eigenvalue weighted by atomic mass is 9.83. The molecule has 0 atom stereocenters. The number of piperidine rings is 1. The van der Waals surface area contributed by atoms with Crippen molar-refractivity contribution >= 4 is 11.9 Å². The van der Waals surface area contributed by atoms with Gasteiger partial charge in [-0.15, -0.1) is 0 Å². The van der Waals surface area contributed by atoms with Crippen LogP contribution in [0.5, 0.6) is 0 Å². The molecule has 0 aliphatic carbocycles. The summed E-state index contributed by atoms with van der Waals surface area (Å²) in [5, 5.41) is 0. The van der Waals surface area contributed by atoms with Crippen molar-refractivity contribution in [1.29, 1.82) is 0 Å². The molecule has 0 saturated carbocycles. The second-order valence-electron chi connectivity index (χ2n) is 5.56. The first-order valence-corrected chi connectivity index (χ1v) is 7.27. The lowest BCUT2D eigenvalue weighted by molar-refractivity contribution is -0.135. The van der Waals surface area contributed by atoms with E-state index in [0.717, 1.165) is 12.0 Å². The van der Waals surface area contributed by atoms with E-state index in [1.54, 1.807) is 0 Å². The predicted octanol–water partition coefficient (Wildman–Crippen LogP) is 2.47. The summed E-state index contributed by atoms with van der Waals surface area (Å²) >= 11 is 0. The van der Waals surface area contributed by atoms with E-state index in [2.05, 4.69) is 0 Å². The molecule has 106 valence electrons. The average molecular weight is 273 g/mol. The van der Waals surface area contributed by atoms with Crippen LogP contribution in [-0.2, 0) is 15.1 Å². The molecule has 1 fully saturated rings. The summed E-state index contributed by atoms with van der Waals surface area (Å²) in [5.74, 6) is -0.0195. The first-order valence-electron chi connectivity index (χ1n) is 7.27. The van der Waals surface area contributed by atoms with E-state index in [-0.39, 0.29) is 11.9 Å². The third-order valence-electron chi connectivity index (χ3n) is 4.31. The highest BCUT2D eigenvalue weighted by molar-refractivity contribution is 5.94. The fourth-order valence-corrected chi connectivity index (χ4v) is 3.21. The summed E-state index contributed by atoms with van der Waals surface area (Å²) in [6.45, 7) is 3.35. The molecule has 0 unspecified atom stereocenters. The highest BCUT2D eigenvalue weighted by Gasteiger charge is 2.47. The number of ether oxygens (including phenoxy) is 1. The minimum absolute atomic E-state index is 0.208. The van der Waals surface area contributed by atoms with Crippen LogP contribution in [0.15, 0.2) is 24.3 Å². The molecule has 1 spiro atoms. The van der Waals surface area contributed by atoms with Gasteiger partial charge in [0.1, 0.15) is 5.60 Å². The van der Waals surface area contributed by atoms with Gasteiger partial charge in [0.25, 0.3) is 0 Å². The third-order valence-corrected chi connectivity index (χ3v) is 4.31. The van der Waals surface area contributed by atoms with Gasteiger partial charge >= 0.3 is 5.97 Å². The van der Waals surface area contributed by atoms with Gasteiger partial charge in [0.2, 0.25) is 5.91 Å². The molecular weight excluding hydrogens is 254 g/mol. The van der Waals surface area contributed by atoms with Crippen LogP contribution in [0.2, 0.25) is 0 Å². The van der Waals surface area contributed by atoms with Crippen molar-refractivity contribution in [3.63, 3.8) is 0 Å². The number of hydrogen-bond donors (Lipinski definition) is 0. The van der Waals surface area contributed by atoms with Gasteiger partial charge in [0, 0.05) is 37.9 Å². The number of nitrogens with zero attached hydrogens (tertiary/aromatic N) is 1. The summed E-state index contributed by atoms with van der Waals surface area (Å²) in [4.78, 5) is 25.8. The van der Waals surface area contributed by atoms with Crippen LogP contribution in [0.25, 0.3) is 0 Å². The van der Waals surface area contributed by atoms with Crippen molar-refractivity contribution in [3.05, 3.63) is 35.4 Å². The van der Waals surface area contributed by atoms with Crippen LogP contribution in [0.3, 0.4) is 0 Å². The normalized spacial score (nSPS) is 19.9. The van der Waals surface area contributed by atoms with Gasteiger partial charge in [-0.25, -0.2) is 4.79 Å². The van der Waals surface area contributed by atoms with Crippen LogP contribution in [-0.4, -0.2) is 29.9 Å². The van der Waals surface area contributed by atoms with Gasteiger partial charge in [-0.05, 0) is 12.5 Å². The molecule has 20 heavy (non-hydrogen) atoms. The van der Waals surface area contributed by atoms with E-state index in [1.807, 2.05) is 36.1 Å². The smallest absolute Gasteiger partial charge is 0.339 e. The Hall–Kier alpha value is -1.84. The van der Waals surface area contributed by atoms with Crippen LogP contribution in [0, 0.1) is 0 Å². The van der Waals surface area contributed by atoms with Crippen LogP contribution in [0.4, 0.5) is 0 Å². The summed E-state index contributed by atoms with van der Waals surface area (Å²) in [6, 6.07) is 7.60. The molecule has 0 aromatic heterocycles. The van der Waals surface area contributed by atoms with E-state index < -0.39 is 5.60 Å². The molecule has 4 nitrogen and oxygen atoms in total. The van der Waals surface area contributed by atoms with E-state index in [4.69, 9.17) is 4.74 Å². The van der Waals surface area contributed by atoms with Crippen molar-refractivity contribution in [3.8, 4) is 0 Å². The number of benzene rings is 1. The Labute approximate surface area is 118 Å². The van der Waals surface area contributed by atoms with E-state index in [9.17, 15) is 9.59 Å². The Kier molecular flexibility index (Phi) is 3.24. The Morgan fingerprint density at radius 1 is 1.30 bits per heavy atom. The largest absolute Gasteiger partial charge is 0.450 e. The van der Waals surface area contributed by atoms with Gasteiger partial charge in [-0.1, -0.05) is 25.1 Å². The molecule has 4 heteroatoms. The maximum Gasteiger partial charge on any atom is 0.339 e. The van der Waals surface area contributed by atoms with Gasteiger partial charge in [0.05, 0.1) is 5.56 Å². The van der Waals surface area contributed by atoms with Gasteiger partial charge in [-0.2, -0.15) is 0 Å². The van der Waals surface area contributed by atoms with Crippen molar-refractivity contribution in [2.24, 2.45) is 0 Å². The highest BCUT2D eigenvalue weighted by Crippen LogP contribution is 2.43. The first kappa shape index (κ1) is 13.2. The Morgan fingerprint density at radius 2 is 2.00 bits per heavy atom. The van der Waals surface area contributed by atoms with Gasteiger partial charge in [-0.3, -0.25) is 4.79 Å². The van der Waals surface area contributed by atoms with Crippen molar-refractivity contribution in [2.45, 2.75) is 38.2 Å². The van der Waals surface area contributed by atoms with Crippen LogP contribution < -0.4 is 0 Å². The quantitative estimate of drug-likeness (QED) is 0.778. The number of hydrogen-bond acceptors (Lipinski definition) is 3. The van der Waals surface area contributed by atoms with Crippen LogP contribution in [0.1, 0.15) is 48.5 Å². The van der Waals surface area contributed by atoms with Crippen LogP contribution >= 0.6 is 0 Å². The maximum absolute atomic E-state index is 12.0. The monoisotopic (exact) mass is 273 g/mol. The Morgan fingerprint density at radius 3 is 2.70 bits per heavy atom. The molecule has 0 radical (unpaired) electrons. The number of likely N-dealkylation sites (tertiary alicyclic amines) is 1. The van der Waals surface area contributed by atoms with Gasteiger partial charge in [0.15, 0.2) is 0 Å². The third kappa shape index (κ3) is 1.99. The molecule has 2 heterocycles. The molecule has 0 N–H and O–H groups in total. The molecule has 3 rings (SSSR count). The van der Waals surface area contributed by atoms with E-state index in [0.29, 0.717) is 37.9 Å². The highest BCUT2D eigenvalue weighted by atomic mass is 16.6. The Bertz CT molecular complexity index is 544. The van der Waals surface area contributed by atoms with Crippen molar-refractivity contribution < 1.29 is 14.3 Å². The minimum Gasteiger partial charge on any atom is -0.450 e. The molecule has 2 aliphatic rings. The number of carbonyl (C=O) groups is 2. The second-order valence-corrected chi connectivity index (χ2v) is 5.56. The number of esters is 1. The number of amides is 1. The van der Waals surface area contributed by atoms with Gasteiger partial charge < -0.3 is 9.64 Å². The van der Waals surface area contributed by atoms with E-state index in [1.165, 1.54) is 0 Å². The lowest BCUT2D eigenvalue weighted by Crippen LogP contribution is -2.45.